The average molecular weight is 237 g/mol. The number of aromatic nitrogens is 2. The first kappa shape index (κ1) is 12.4. The van der Waals surface area contributed by atoms with Crippen LogP contribution in [0.15, 0.2) is 12.3 Å². The Morgan fingerprint density at radius 2 is 2.29 bits per heavy atom. The fourth-order valence-corrected chi connectivity index (χ4v) is 1.89. The molecule has 5 heteroatoms. The highest BCUT2D eigenvalue weighted by Gasteiger charge is 2.21. The molecule has 1 aromatic heterocycles. The van der Waals surface area contributed by atoms with Crippen LogP contribution in [0, 0.1) is 0 Å². The van der Waals surface area contributed by atoms with E-state index in [1.54, 1.807) is 0 Å². The Hall–Kier alpha value is -1.07. The third-order valence-corrected chi connectivity index (χ3v) is 2.99. The first-order chi connectivity index (χ1) is 8.27. The molecule has 0 unspecified atom stereocenters. The van der Waals surface area contributed by atoms with Gasteiger partial charge < -0.3 is 16.0 Å². The summed E-state index contributed by atoms with van der Waals surface area (Å²) in [4.78, 5) is 0. The van der Waals surface area contributed by atoms with Crippen LogP contribution < -0.4 is 16.0 Å². The molecule has 1 aliphatic rings. The Morgan fingerprint density at radius 1 is 1.47 bits per heavy atom. The summed E-state index contributed by atoms with van der Waals surface area (Å²) in [6, 6.07) is 3.15. The van der Waals surface area contributed by atoms with Gasteiger partial charge in [-0.1, -0.05) is 13.8 Å². The smallest absolute Gasteiger partial charge is 0.124 e. The van der Waals surface area contributed by atoms with Gasteiger partial charge in [-0.15, -0.1) is 0 Å². The normalized spacial score (nSPS) is 16.2. The van der Waals surface area contributed by atoms with Crippen molar-refractivity contribution in [3.05, 3.63) is 12.3 Å². The fraction of sp³-hybridized carbons (Fsp3) is 0.750. The van der Waals surface area contributed by atoms with Crippen molar-refractivity contribution >= 4 is 5.82 Å². The molecule has 17 heavy (non-hydrogen) atoms. The molecule has 1 fully saturated rings. The second-order valence-electron chi connectivity index (χ2n) is 4.86. The standard InChI is InChI=1S/C12H23N5/c1-10(2)14-5-3-6-15-12-4-7-16-17(12)11-8-13-9-11/h4,7,10-11,13-15H,3,5-6,8-9H2,1-2H3. The van der Waals surface area contributed by atoms with Gasteiger partial charge in [0.15, 0.2) is 0 Å². The molecule has 2 rings (SSSR count). The molecule has 0 bridgehead atoms. The van der Waals surface area contributed by atoms with Gasteiger partial charge in [0, 0.05) is 31.7 Å². The molecule has 1 aliphatic heterocycles. The molecule has 0 atom stereocenters. The summed E-state index contributed by atoms with van der Waals surface area (Å²) in [7, 11) is 0. The minimum atomic E-state index is 0.529. The quantitative estimate of drug-likeness (QED) is 0.615. The summed E-state index contributed by atoms with van der Waals surface area (Å²) in [6.45, 7) is 8.46. The van der Waals surface area contributed by atoms with Gasteiger partial charge in [0.1, 0.15) is 5.82 Å². The van der Waals surface area contributed by atoms with Gasteiger partial charge >= 0.3 is 0 Å². The Labute approximate surface area is 103 Å². The second-order valence-corrected chi connectivity index (χ2v) is 4.86. The van der Waals surface area contributed by atoms with Crippen molar-refractivity contribution in [2.24, 2.45) is 0 Å². The van der Waals surface area contributed by atoms with Crippen LogP contribution in [0.3, 0.4) is 0 Å². The van der Waals surface area contributed by atoms with Crippen molar-refractivity contribution in [2.75, 3.05) is 31.5 Å². The lowest BCUT2D eigenvalue weighted by Gasteiger charge is -2.28. The number of hydrogen-bond acceptors (Lipinski definition) is 4. The number of rotatable bonds is 7. The minimum absolute atomic E-state index is 0.529. The number of nitrogens with zero attached hydrogens (tertiary/aromatic N) is 2. The van der Waals surface area contributed by atoms with E-state index in [4.69, 9.17) is 0 Å². The summed E-state index contributed by atoms with van der Waals surface area (Å²) in [5, 5.41) is 14.5. The molecular formula is C12H23N5. The molecule has 0 amide bonds. The Kier molecular flexibility index (Phi) is 4.39. The van der Waals surface area contributed by atoms with Gasteiger partial charge in [-0.25, -0.2) is 4.68 Å². The van der Waals surface area contributed by atoms with Gasteiger partial charge in [0.25, 0.3) is 0 Å². The van der Waals surface area contributed by atoms with Gasteiger partial charge in [-0.05, 0) is 13.0 Å². The van der Waals surface area contributed by atoms with E-state index >= 15 is 0 Å². The predicted octanol–water partition coefficient (Wildman–Crippen LogP) is 0.827. The van der Waals surface area contributed by atoms with Crippen LogP contribution in [-0.2, 0) is 0 Å². The van der Waals surface area contributed by atoms with Gasteiger partial charge in [-0.3, -0.25) is 0 Å². The van der Waals surface area contributed by atoms with E-state index in [1.807, 2.05) is 12.3 Å². The van der Waals surface area contributed by atoms with Crippen molar-refractivity contribution in [3.8, 4) is 0 Å². The zero-order valence-electron chi connectivity index (χ0n) is 10.7. The van der Waals surface area contributed by atoms with E-state index in [9.17, 15) is 0 Å². The first-order valence-corrected chi connectivity index (χ1v) is 6.49. The monoisotopic (exact) mass is 237 g/mol. The van der Waals surface area contributed by atoms with Crippen molar-refractivity contribution in [3.63, 3.8) is 0 Å². The summed E-state index contributed by atoms with van der Waals surface area (Å²) in [5.74, 6) is 1.14. The van der Waals surface area contributed by atoms with Gasteiger partial charge in [0.05, 0.1) is 12.2 Å². The lowest BCUT2D eigenvalue weighted by Crippen LogP contribution is -2.44. The van der Waals surface area contributed by atoms with E-state index < -0.39 is 0 Å². The molecule has 1 aromatic rings. The third kappa shape index (κ3) is 3.44. The lowest BCUT2D eigenvalue weighted by molar-refractivity contribution is 0.321. The van der Waals surface area contributed by atoms with Crippen molar-refractivity contribution in [1.29, 1.82) is 0 Å². The summed E-state index contributed by atoms with van der Waals surface area (Å²) in [5.41, 5.74) is 0. The largest absolute Gasteiger partial charge is 0.370 e. The molecule has 1 saturated heterocycles. The van der Waals surface area contributed by atoms with Crippen LogP contribution in [0.4, 0.5) is 5.82 Å². The van der Waals surface area contributed by atoms with E-state index in [1.165, 1.54) is 0 Å². The molecular weight excluding hydrogens is 214 g/mol. The van der Waals surface area contributed by atoms with Crippen molar-refractivity contribution in [1.82, 2.24) is 20.4 Å². The molecule has 0 saturated carbocycles. The topological polar surface area (TPSA) is 53.9 Å². The maximum atomic E-state index is 4.36. The van der Waals surface area contributed by atoms with Crippen molar-refractivity contribution in [2.45, 2.75) is 32.4 Å². The molecule has 0 spiro atoms. The third-order valence-electron chi connectivity index (χ3n) is 2.99. The molecule has 2 heterocycles. The number of hydrogen-bond donors (Lipinski definition) is 3. The molecule has 0 aromatic carbocycles. The van der Waals surface area contributed by atoms with E-state index in [-0.39, 0.29) is 0 Å². The Balaban J connectivity index is 1.69. The maximum Gasteiger partial charge on any atom is 0.124 e. The summed E-state index contributed by atoms with van der Waals surface area (Å²) < 4.78 is 2.09. The van der Waals surface area contributed by atoms with Crippen molar-refractivity contribution < 1.29 is 0 Å². The van der Waals surface area contributed by atoms with Crippen LogP contribution in [0.5, 0.6) is 0 Å². The maximum absolute atomic E-state index is 4.36. The molecule has 0 radical (unpaired) electrons. The number of anilines is 1. The van der Waals surface area contributed by atoms with E-state index in [0.29, 0.717) is 12.1 Å². The molecule has 0 aliphatic carbocycles. The zero-order valence-corrected chi connectivity index (χ0v) is 10.7. The van der Waals surface area contributed by atoms with Crippen LogP contribution >= 0.6 is 0 Å². The number of nitrogens with one attached hydrogen (secondary N) is 3. The Bertz CT molecular complexity index is 329. The SMILES string of the molecule is CC(C)NCCCNc1ccnn1C1CNC1. The minimum Gasteiger partial charge on any atom is -0.370 e. The molecule has 3 N–H and O–H groups in total. The van der Waals surface area contributed by atoms with Crippen LogP contribution in [0.1, 0.15) is 26.3 Å². The first-order valence-electron chi connectivity index (χ1n) is 6.49. The average Bonchev–Trinajstić information content (AvgIpc) is 2.63. The second kappa shape index (κ2) is 6.02. The molecule has 96 valence electrons. The van der Waals surface area contributed by atoms with E-state index in [0.717, 1.165) is 38.4 Å². The molecule has 5 nitrogen and oxygen atoms in total. The highest BCUT2D eigenvalue weighted by molar-refractivity contribution is 5.34. The van der Waals surface area contributed by atoms with E-state index in [2.05, 4.69) is 39.6 Å². The fourth-order valence-electron chi connectivity index (χ4n) is 1.89. The Morgan fingerprint density at radius 3 is 2.94 bits per heavy atom. The van der Waals surface area contributed by atoms with Gasteiger partial charge in [-0.2, -0.15) is 5.10 Å². The predicted molar refractivity (Wildman–Crippen MR) is 70.4 cm³/mol. The summed E-state index contributed by atoms with van der Waals surface area (Å²) in [6.07, 6.45) is 3.00. The van der Waals surface area contributed by atoms with Crippen LogP contribution in [0.2, 0.25) is 0 Å². The summed E-state index contributed by atoms with van der Waals surface area (Å²) >= 11 is 0. The highest BCUT2D eigenvalue weighted by atomic mass is 15.4. The zero-order chi connectivity index (χ0) is 12.1. The highest BCUT2D eigenvalue weighted by Crippen LogP contribution is 2.17. The lowest BCUT2D eigenvalue weighted by atomic mass is 10.2. The van der Waals surface area contributed by atoms with Crippen LogP contribution in [-0.4, -0.2) is 42.0 Å². The van der Waals surface area contributed by atoms with Gasteiger partial charge in [0.2, 0.25) is 0 Å². The van der Waals surface area contributed by atoms with Crippen LogP contribution in [0.25, 0.3) is 0 Å².